The molecule has 0 aliphatic heterocycles. The molecule has 9 heteroatoms. The van der Waals surface area contributed by atoms with Crippen molar-refractivity contribution in [2.45, 2.75) is 25.5 Å². The number of hydrogen-bond donors (Lipinski definition) is 1. The molecule has 0 saturated heterocycles. The van der Waals surface area contributed by atoms with Gasteiger partial charge in [0.05, 0.1) is 11.3 Å². The van der Waals surface area contributed by atoms with Gasteiger partial charge < -0.3 is 9.88 Å². The van der Waals surface area contributed by atoms with Crippen molar-refractivity contribution < 1.29 is 18.0 Å². The first-order valence-electron chi connectivity index (χ1n) is 8.91. The van der Waals surface area contributed by atoms with Crippen molar-refractivity contribution in [2.75, 3.05) is 11.1 Å². The SMILES string of the molecule is CC(C)Cn1c(SCC(=O)Nc2ccc(F)c(F)c2)nnc1-c1ccccc1F. The van der Waals surface area contributed by atoms with Crippen LogP contribution >= 0.6 is 11.8 Å². The van der Waals surface area contributed by atoms with E-state index in [0.29, 0.717) is 23.1 Å². The van der Waals surface area contributed by atoms with Crippen molar-refractivity contribution in [1.29, 1.82) is 0 Å². The number of aromatic nitrogens is 3. The Morgan fingerprint density at radius 1 is 1.07 bits per heavy atom. The second kappa shape index (κ2) is 9.13. The van der Waals surface area contributed by atoms with Gasteiger partial charge in [0.25, 0.3) is 0 Å². The van der Waals surface area contributed by atoms with Gasteiger partial charge in [0.2, 0.25) is 5.91 Å². The number of rotatable bonds is 7. The molecule has 3 aromatic rings. The third-order valence-electron chi connectivity index (χ3n) is 3.92. The molecule has 0 spiro atoms. The zero-order valence-corrected chi connectivity index (χ0v) is 16.6. The van der Waals surface area contributed by atoms with E-state index in [4.69, 9.17) is 0 Å². The van der Waals surface area contributed by atoms with E-state index in [1.807, 2.05) is 13.8 Å². The minimum absolute atomic E-state index is 0.0213. The van der Waals surface area contributed by atoms with Crippen molar-refractivity contribution in [1.82, 2.24) is 14.8 Å². The van der Waals surface area contributed by atoms with Crippen molar-refractivity contribution in [2.24, 2.45) is 5.92 Å². The zero-order chi connectivity index (χ0) is 21.0. The lowest BCUT2D eigenvalue weighted by Gasteiger charge is -2.13. The fourth-order valence-electron chi connectivity index (χ4n) is 2.67. The van der Waals surface area contributed by atoms with Crippen molar-refractivity contribution in [3.8, 4) is 11.4 Å². The lowest BCUT2D eigenvalue weighted by atomic mass is 10.2. The van der Waals surface area contributed by atoms with Crippen LogP contribution < -0.4 is 5.32 Å². The molecule has 0 aliphatic carbocycles. The van der Waals surface area contributed by atoms with Gasteiger partial charge in [-0.25, -0.2) is 13.2 Å². The van der Waals surface area contributed by atoms with Gasteiger partial charge in [-0.3, -0.25) is 4.79 Å². The zero-order valence-electron chi connectivity index (χ0n) is 15.8. The normalized spacial score (nSPS) is 11.1. The lowest BCUT2D eigenvalue weighted by Crippen LogP contribution is -2.15. The minimum Gasteiger partial charge on any atom is -0.325 e. The highest BCUT2D eigenvalue weighted by atomic mass is 32.2. The highest BCUT2D eigenvalue weighted by molar-refractivity contribution is 7.99. The molecule has 0 fully saturated rings. The van der Waals surface area contributed by atoms with Crippen LogP contribution in [0.5, 0.6) is 0 Å². The predicted molar refractivity (Wildman–Crippen MR) is 106 cm³/mol. The predicted octanol–water partition coefficient (Wildman–Crippen LogP) is 4.75. The van der Waals surface area contributed by atoms with E-state index in [1.165, 1.54) is 12.1 Å². The van der Waals surface area contributed by atoms with Crippen LogP contribution in [0, 0.1) is 23.4 Å². The number of benzene rings is 2. The molecule has 0 unspecified atom stereocenters. The fourth-order valence-corrected chi connectivity index (χ4v) is 3.42. The van der Waals surface area contributed by atoms with Gasteiger partial charge in [-0.05, 0) is 30.2 Å². The Morgan fingerprint density at radius 2 is 1.83 bits per heavy atom. The molecule has 1 amide bonds. The van der Waals surface area contributed by atoms with Crippen LogP contribution in [0.1, 0.15) is 13.8 Å². The van der Waals surface area contributed by atoms with E-state index in [1.54, 1.807) is 22.8 Å². The van der Waals surface area contributed by atoms with Gasteiger partial charge >= 0.3 is 0 Å². The van der Waals surface area contributed by atoms with E-state index in [2.05, 4.69) is 15.5 Å². The number of anilines is 1. The molecule has 1 heterocycles. The summed E-state index contributed by atoms with van der Waals surface area (Å²) in [6.45, 7) is 4.56. The van der Waals surface area contributed by atoms with Crippen molar-refractivity contribution in [3.63, 3.8) is 0 Å². The maximum absolute atomic E-state index is 14.2. The third-order valence-corrected chi connectivity index (χ3v) is 4.88. The Kier molecular flexibility index (Phi) is 6.58. The second-order valence-electron chi connectivity index (χ2n) is 6.76. The molecule has 0 saturated carbocycles. The molecule has 152 valence electrons. The average molecular weight is 420 g/mol. The Balaban J connectivity index is 1.75. The summed E-state index contributed by atoms with van der Waals surface area (Å²) < 4.78 is 42.2. The molecular weight excluding hydrogens is 401 g/mol. The average Bonchev–Trinajstić information content (AvgIpc) is 3.05. The monoisotopic (exact) mass is 420 g/mol. The number of hydrogen-bond acceptors (Lipinski definition) is 4. The van der Waals surface area contributed by atoms with E-state index in [9.17, 15) is 18.0 Å². The number of halogens is 3. The third kappa shape index (κ3) is 5.17. The summed E-state index contributed by atoms with van der Waals surface area (Å²) in [5, 5.41) is 11.2. The Bertz CT molecular complexity index is 1020. The van der Waals surface area contributed by atoms with E-state index < -0.39 is 23.4 Å². The van der Waals surface area contributed by atoms with Crippen LogP contribution in [0.3, 0.4) is 0 Å². The highest BCUT2D eigenvalue weighted by Crippen LogP contribution is 2.27. The van der Waals surface area contributed by atoms with Gasteiger partial charge in [0, 0.05) is 18.3 Å². The maximum atomic E-state index is 14.2. The summed E-state index contributed by atoms with van der Waals surface area (Å²) in [6, 6.07) is 9.42. The van der Waals surface area contributed by atoms with E-state index in [0.717, 1.165) is 23.9 Å². The quantitative estimate of drug-likeness (QED) is 0.561. The number of carbonyl (C=O) groups excluding carboxylic acids is 1. The second-order valence-corrected chi connectivity index (χ2v) is 7.70. The summed E-state index contributed by atoms with van der Waals surface area (Å²) >= 11 is 1.13. The number of amides is 1. The Labute approximate surface area is 170 Å². The number of nitrogens with one attached hydrogen (secondary N) is 1. The number of nitrogens with zero attached hydrogens (tertiary/aromatic N) is 3. The van der Waals surface area contributed by atoms with E-state index in [-0.39, 0.29) is 17.4 Å². The van der Waals surface area contributed by atoms with Crippen LogP contribution in [-0.2, 0) is 11.3 Å². The smallest absolute Gasteiger partial charge is 0.234 e. The van der Waals surface area contributed by atoms with Crippen LogP contribution in [0.2, 0.25) is 0 Å². The van der Waals surface area contributed by atoms with Crippen molar-refractivity contribution in [3.05, 3.63) is 59.9 Å². The van der Waals surface area contributed by atoms with Crippen LogP contribution in [0.25, 0.3) is 11.4 Å². The molecule has 0 radical (unpaired) electrons. The molecule has 1 N–H and O–H groups in total. The summed E-state index contributed by atoms with van der Waals surface area (Å²) in [4.78, 5) is 12.2. The molecule has 5 nitrogen and oxygen atoms in total. The summed E-state index contributed by atoms with van der Waals surface area (Å²) in [6.07, 6.45) is 0. The lowest BCUT2D eigenvalue weighted by molar-refractivity contribution is -0.113. The molecule has 3 rings (SSSR count). The molecular formula is C20H19F3N4OS. The van der Waals surface area contributed by atoms with Crippen LogP contribution in [0.4, 0.5) is 18.9 Å². The van der Waals surface area contributed by atoms with Crippen LogP contribution in [0.15, 0.2) is 47.6 Å². The van der Waals surface area contributed by atoms with Gasteiger partial charge in [0.1, 0.15) is 5.82 Å². The molecule has 0 aliphatic rings. The van der Waals surface area contributed by atoms with Gasteiger partial charge in [-0.1, -0.05) is 37.7 Å². The standard InChI is InChI=1S/C20H19F3N4OS/c1-12(2)10-27-19(14-5-3-4-6-15(14)21)25-26-20(27)29-11-18(28)24-13-7-8-16(22)17(23)9-13/h3-9,12H,10-11H2,1-2H3,(H,24,28). The van der Waals surface area contributed by atoms with Crippen LogP contribution in [-0.4, -0.2) is 26.4 Å². The first-order valence-corrected chi connectivity index (χ1v) is 9.89. The molecule has 29 heavy (non-hydrogen) atoms. The topological polar surface area (TPSA) is 59.8 Å². The van der Waals surface area contributed by atoms with Crippen molar-refractivity contribution >= 4 is 23.4 Å². The summed E-state index contributed by atoms with van der Waals surface area (Å²) in [5.74, 6) is -2.23. The molecule has 2 aromatic carbocycles. The number of thioether (sulfide) groups is 1. The first kappa shape index (κ1) is 20.9. The minimum atomic E-state index is -1.04. The molecule has 0 atom stereocenters. The van der Waals surface area contributed by atoms with E-state index >= 15 is 0 Å². The highest BCUT2D eigenvalue weighted by Gasteiger charge is 2.19. The molecule has 0 bridgehead atoms. The first-order chi connectivity index (χ1) is 13.8. The van der Waals surface area contributed by atoms with Gasteiger partial charge in [0.15, 0.2) is 22.6 Å². The number of carbonyl (C=O) groups is 1. The molecule has 1 aromatic heterocycles. The Hall–Kier alpha value is -2.81. The summed E-state index contributed by atoms with van der Waals surface area (Å²) in [7, 11) is 0. The summed E-state index contributed by atoms with van der Waals surface area (Å²) in [5.41, 5.74) is 0.490. The van der Waals surface area contributed by atoms with Gasteiger partial charge in [-0.2, -0.15) is 0 Å². The maximum Gasteiger partial charge on any atom is 0.234 e. The van der Waals surface area contributed by atoms with Gasteiger partial charge in [-0.15, -0.1) is 10.2 Å². The fraction of sp³-hybridized carbons (Fsp3) is 0.250. The Morgan fingerprint density at radius 3 is 2.52 bits per heavy atom. The largest absolute Gasteiger partial charge is 0.325 e.